The number of halogens is 1. The van der Waals surface area contributed by atoms with Gasteiger partial charge in [0, 0.05) is 22.7 Å². The van der Waals surface area contributed by atoms with Crippen LogP contribution in [0.1, 0.15) is 25.3 Å². The Hall–Kier alpha value is -2.00. The van der Waals surface area contributed by atoms with Gasteiger partial charge in [-0.3, -0.25) is 4.98 Å². The first-order valence-corrected chi connectivity index (χ1v) is 6.90. The molecule has 0 saturated heterocycles. The Balaban J connectivity index is 2.23. The van der Waals surface area contributed by atoms with Gasteiger partial charge in [-0.15, -0.1) is 0 Å². The highest BCUT2D eigenvalue weighted by Gasteiger charge is 2.15. The molecule has 3 aromatic rings. The summed E-state index contributed by atoms with van der Waals surface area (Å²) in [5.74, 6) is 0.267. The number of aromatic nitrogens is 3. The van der Waals surface area contributed by atoms with Crippen molar-refractivity contribution < 1.29 is 0 Å². The van der Waals surface area contributed by atoms with Gasteiger partial charge in [0.2, 0.25) is 0 Å². The van der Waals surface area contributed by atoms with Gasteiger partial charge >= 0.3 is 0 Å². The zero-order chi connectivity index (χ0) is 14.1. The van der Waals surface area contributed by atoms with Crippen LogP contribution in [0.2, 0.25) is 5.15 Å². The highest BCUT2D eigenvalue weighted by molar-refractivity contribution is 6.30. The smallest absolute Gasteiger partial charge is 0.136 e. The molecule has 0 atom stereocenters. The van der Waals surface area contributed by atoms with Crippen LogP contribution in [0.3, 0.4) is 0 Å². The van der Waals surface area contributed by atoms with E-state index in [1.54, 1.807) is 6.20 Å². The van der Waals surface area contributed by atoms with Gasteiger partial charge in [0.25, 0.3) is 0 Å². The molecule has 3 rings (SSSR count). The van der Waals surface area contributed by atoms with Crippen molar-refractivity contribution in [1.29, 1.82) is 0 Å². The standard InChI is InChI=1S/C16H14ClN3/c1-10(2)14-15(19-9-20-16(14)17)12-5-6-13-11(8-12)4-3-7-18-13/h3-10H,1-2H3. The van der Waals surface area contributed by atoms with Gasteiger partial charge in [0.15, 0.2) is 0 Å². The van der Waals surface area contributed by atoms with Crippen LogP contribution < -0.4 is 0 Å². The van der Waals surface area contributed by atoms with Crippen LogP contribution in [0.15, 0.2) is 42.9 Å². The van der Waals surface area contributed by atoms with E-state index in [1.807, 2.05) is 24.3 Å². The monoisotopic (exact) mass is 283 g/mol. The molecule has 0 amide bonds. The SMILES string of the molecule is CC(C)c1c(Cl)ncnc1-c1ccc2ncccc2c1. The van der Waals surface area contributed by atoms with Crippen LogP contribution in [-0.2, 0) is 0 Å². The topological polar surface area (TPSA) is 38.7 Å². The third kappa shape index (κ3) is 2.25. The van der Waals surface area contributed by atoms with Crippen molar-refractivity contribution in [2.45, 2.75) is 19.8 Å². The van der Waals surface area contributed by atoms with E-state index in [-0.39, 0.29) is 5.92 Å². The predicted octanol–water partition coefficient (Wildman–Crippen LogP) is 4.47. The van der Waals surface area contributed by atoms with Crippen molar-refractivity contribution in [2.24, 2.45) is 0 Å². The number of nitrogens with zero attached hydrogens (tertiary/aromatic N) is 3. The molecular weight excluding hydrogens is 270 g/mol. The first-order valence-electron chi connectivity index (χ1n) is 6.52. The number of fused-ring (bicyclic) bond motifs is 1. The van der Waals surface area contributed by atoms with Crippen LogP contribution in [0.5, 0.6) is 0 Å². The van der Waals surface area contributed by atoms with E-state index in [4.69, 9.17) is 11.6 Å². The molecule has 0 fully saturated rings. The Morgan fingerprint density at radius 1 is 1.05 bits per heavy atom. The van der Waals surface area contributed by atoms with E-state index in [1.165, 1.54) is 6.33 Å². The average Bonchev–Trinajstić information content (AvgIpc) is 2.46. The fourth-order valence-electron chi connectivity index (χ4n) is 2.34. The van der Waals surface area contributed by atoms with Gasteiger partial charge in [-0.1, -0.05) is 37.6 Å². The van der Waals surface area contributed by atoms with Gasteiger partial charge in [0.05, 0.1) is 11.2 Å². The zero-order valence-corrected chi connectivity index (χ0v) is 12.1. The molecular formula is C16H14ClN3. The predicted molar refractivity (Wildman–Crippen MR) is 81.9 cm³/mol. The Morgan fingerprint density at radius 3 is 2.70 bits per heavy atom. The summed E-state index contributed by atoms with van der Waals surface area (Å²) in [6.45, 7) is 4.19. The van der Waals surface area contributed by atoms with Gasteiger partial charge < -0.3 is 0 Å². The normalized spacial score (nSPS) is 11.2. The molecule has 100 valence electrons. The maximum atomic E-state index is 6.23. The van der Waals surface area contributed by atoms with E-state index in [0.29, 0.717) is 5.15 Å². The minimum Gasteiger partial charge on any atom is -0.256 e. The number of rotatable bonds is 2. The molecule has 0 spiro atoms. The molecule has 0 unspecified atom stereocenters. The molecule has 0 bridgehead atoms. The molecule has 3 nitrogen and oxygen atoms in total. The van der Waals surface area contributed by atoms with E-state index in [0.717, 1.165) is 27.7 Å². The molecule has 4 heteroatoms. The fraction of sp³-hybridized carbons (Fsp3) is 0.188. The molecule has 0 saturated carbocycles. The van der Waals surface area contributed by atoms with E-state index >= 15 is 0 Å². The quantitative estimate of drug-likeness (QED) is 0.651. The Labute approximate surface area is 122 Å². The lowest BCUT2D eigenvalue weighted by atomic mass is 9.98. The molecule has 1 aromatic carbocycles. The molecule has 0 radical (unpaired) electrons. The van der Waals surface area contributed by atoms with Crippen molar-refractivity contribution in [3.8, 4) is 11.3 Å². The lowest BCUT2D eigenvalue weighted by molar-refractivity contribution is 0.850. The second-order valence-electron chi connectivity index (χ2n) is 4.99. The average molecular weight is 284 g/mol. The summed E-state index contributed by atoms with van der Waals surface area (Å²) >= 11 is 6.23. The third-order valence-corrected chi connectivity index (χ3v) is 3.59. The maximum Gasteiger partial charge on any atom is 0.136 e. The van der Waals surface area contributed by atoms with Crippen LogP contribution in [0.4, 0.5) is 0 Å². The molecule has 2 heterocycles. The van der Waals surface area contributed by atoms with Crippen molar-refractivity contribution in [1.82, 2.24) is 15.0 Å². The largest absolute Gasteiger partial charge is 0.256 e. The molecule has 0 N–H and O–H groups in total. The number of pyridine rings is 1. The molecule has 0 aliphatic rings. The van der Waals surface area contributed by atoms with Gasteiger partial charge in [0.1, 0.15) is 11.5 Å². The molecule has 0 aliphatic heterocycles. The summed E-state index contributed by atoms with van der Waals surface area (Å²) in [7, 11) is 0. The Morgan fingerprint density at radius 2 is 1.90 bits per heavy atom. The van der Waals surface area contributed by atoms with Crippen molar-refractivity contribution in [3.63, 3.8) is 0 Å². The van der Waals surface area contributed by atoms with Crippen molar-refractivity contribution in [2.75, 3.05) is 0 Å². The maximum absolute atomic E-state index is 6.23. The van der Waals surface area contributed by atoms with Crippen LogP contribution >= 0.6 is 11.6 Å². The van der Waals surface area contributed by atoms with E-state index < -0.39 is 0 Å². The van der Waals surface area contributed by atoms with Crippen LogP contribution in [-0.4, -0.2) is 15.0 Å². The molecule has 2 aromatic heterocycles. The minimum atomic E-state index is 0.267. The van der Waals surface area contributed by atoms with Crippen LogP contribution in [0, 0.1) is 0 Å². The summed E-state index contributed by atoms with van der Waals surface area (Å²) in [6.07, 6.45) is 3.31. The van der Waals surface area contributed by atoms with Crippen LogP contribution in [0.25, 0.3) is 22.2 Å². The van der Waals surface area contributed by atoms with E-state index in [2.05, 4.69) is 34.9 Å². The third-order valence-electron chi connectivity index (χ3n) is 3.29. The van der Waals surface area contributed by atoms with Gasteiger partial charge in [-0.05, 0) is 24.1 Å². The van der Waals surface area contributed by atoms with E-state index in [9.17, 15) is 0 Å². The summed E-state index contributed by atoms with van der Waals surface area (Å²) in [6, 6.07) is 10.1. The fourth-order valence-corrected chi connectivity index (χ4v) is 2.69. The van der Waals surface area contributed by atoms with Gasteiger partial charge in [-0.2, -0.15) is 0 Å². The first-order chi connectivity index (χ1) is 9.66. The molecule has 0 aliphatic carbocycles. The second kappa shape index (κ2) is 5.17. The van der Waals surface area contributed by atoms with Crippen molar-refractivity contribution in [3.05, 3.63) is 53.6 Å². The zero-order valence-electron chi connectivity index (χ0n) is 11.3. The summed E-state index contributed by atoms with van der Waals surface area (Å²) in [5.41, 5.74) is 3.89. The minimum absolute atomic E-state index is 0.267. The van der Waals surface area contributed by atoms with Crippen molar-refractivity contribution >= 4 is 22.5 Å². The Kier molecular flexibility index (Phi) is 3.36. The highest BCUT2D eigenvalue weighted by Crippen LogP contribution is 2.32. The number of hydrogen-bond acceptors (Lipinski definition) is 3. The Bertz CT molecular complexity index is 769. The highest BCUT2D eigenvalue weighted by atomic mass is 35.5. The van der Waals surface area contributed by atoms with Gasteiger partial charge in [-0.25, -0.2) is 9.97 Å². The molecule has 20 heavy (non-hydrogen) atoms. The summed E-state index contributed by atoms with van der Waals surface area (Å²) in [4.78, 5) is 12.8. The summed E-state index contributed by atoms with van der Waals surface area (Å²) in [5, 5.41) is 1.62. The lowest BCUT2D eigenvalue weighted by Crippen LogP contribution is -1.99. The first kappa shape index (κ1) is 13.0. The summed E-state index contributed by atoms with van der Waals surface area (Å²) < 4.78 is 0. The lowest BCUT2D eigenvalue weighted by Gasteiger charge is -2.13. The number of hydrogen-bond donors (Lipinski definition) is 0. The number of benzene rings is 1. The second-order valence-corrected chi connectivity index (χ2v) is 5.35.